The van der Waals surface area contributed by atoms with E-state index in [2.05, 4.69) is 26.2 Å². The summed E-state index contributed by atoms with van der Waals surface area (Å²) < 4.78 is 31.7. The number of rotatable bonds is 5. The minimum Gasteiger partial charge on any atom is -0.481 e. The number of aromatic nitrogens is 1. The van der Waals surface area contributed by atoms with Gasteiger partial charge in [-0.25, -0.2) is 9.37 Å². The van der Waals surface area contributed by atoms with Crippen LogP contribution in [0.2, 0.25) is 0 Å². The normalized spacial score (nSPS) is 18.9. The molecule has 1 aliphatic rings. The molecule has 7 heteroatoms. The van der Waals surface area contributed by atoms with Crippen molar-refractivity contribution in [1.82, 2.24) is 10.3 Å². The second-order valence-electron chi connectivity index (χ2n) is 5.31. The van der Waals surface area contributed by atoms with Gasteiger partial charge in [-0.05, 0) is 34.1 Å². The lowest BCUT2D eigenvalue weighted by atomic mass is 10.1. The van der Waals surface area contributed by atoms with Crippen LogP contribution in [0.4, 0.5) is 4.39 Å². The van der Waals surface area contributed by atoms with Crippen molar-refractivity contribution < 1.29 is 18.6 Å². The first-order valence-electron chi connectivity index (χ1n) is 7.63. The minimum atomic E-state index is -0.568. The van der Waals surface area contributed by atoms with Crippen molar-refractivity contribution in [2.75, 3.05) is 26.8 Å². The van der Waals surface area contributed by atoms with E-state index < -0.39 is 11.9 Å². The zero-order chi connectivity index (χ0) is 16.9. The molecule has 1 aromatic heterocycles. The van der Waals surface area contributed by atoms with Crippen molar-refractivity contribution in [3.8, 4) is 11.6 Å². The number of pyridine rings is 1. The summed E-state index contributed by atoms with van der Waals surface area (Å²) in [4.78, 5) is 4.43. The Morgan fingerprint density at radius 2 is 2.17 bits per heavy atom. The maximum atomic E-state index is 14.2. The molecular weight excluding hydrogens is 379 g/mol. The number of hydrogen-bond acceptors (Lipinski definition) is 5. The number of nitrogens with one attached hydrogen (secondary N) is 1. The summed E-state index contributed by atoms with van der Waals surface area (Å²) in [6.07, 6.45) is -0.856. The Morgan fingerprint density at radius 3 is 2.88 bits per heavy atom. The molecule has 5 nitrogen and oxygen atoms in total. The molecule has 24 heavy (non-hydrogen) atoms. The van der Waals surface area contributed by atoms with Crippen molar-refractivity contribution in [3.63, 3.8) is 0 Å². The summed E-state index contributed by atoms with van der Waals surface area (Å²) in [6.45, 7) is 1.93. The van der Waals surface area contributed by atoms with Crippen LogP contribution in [-0.2, 0) is 4.74 Å². The fraction of sp³-hybridized carbons (Fsp3) is 0.353. The van der Waals surface area contributed by atoms with Gasteiger partial charge in [0.2, 0.25) is 5.88 Å². The van der Waals surface area contributed by atoms with Crippen molar-refractivity contribution in [3.05, 3.63) is 52.4 Å². The molecule has 0 aliphatic carbocycles. The second kappa shape index (κ2) is 7.92. The first kappa shape index (κ1) is 17.1. The summed E-state index contributed by atoms with van der Waals surface area (Å²) in [5.74, 6) is 0.166. The lowest BCUT2D eigenvalue weighted by Crippen LogP contribution is -2.43. The van der Waals surface area contributed by atoms with Crippen LogP contribution in [0.3, 0.4) is 0 Å². The summed E-state index contributed by atoms with van der Waals surface area (Å²) in [6, 6.07) is 10.1. The molecule has 1 aromatic carbocycles. The highest BCUT2D eigenvalue weighted by molar-refractivity contribution is 9.10. The van der Waals surface area contributed by atoms with E-state index >= 15 is 0 Å². The van der Waals surface area contributed by atoms with E-state index in [-0.39, 0.29) is 11.9 Å². The number of morpholine rings is 1. The molecule has 0 spiro atoms. The maximum absolute atomic E-state index is 14.2. The van der Waals surface area contributed by atoms with E-state index in [1.807, 2.05) is 12.1 Å². The maximum Gasteiger partial charge on any atom is 0.213 e. The Hall–Kier alpha value is -1.70. The third-order valence-electron chi connectivity index (χ3n) is 3.70. The first-order chi connectivity index (χ1) is 11.7. The van der Waals surface area contributed by atoms with Crippen LogP contribution < -0.4 is 14.8 Å². The Morgan fingerprint density at radius 1 is 1.33 bits per heavy atom. The zero-order valence-corrected chi connectivity index (χ0v) is 14.8. The first-order valence-corrected chi connectivity index (χ1v) is 8.42. The molecule has 0 bridgehead atoms. The Balaban J connectivity index is 1.95. The van der Waals surface area contributed by atoms with Crippen LogP contribution in [0.25, 0.3) is 0 Å². The zero-order valence-electron chi connectivity index (χ0n) is 13.2. The standard InChI is InChI=1S/C17H18BrFN2O3/c1-22-15-7-3-6-13(21-15)17(14-10-20-8-9-23-14)24-16-11(18)4-2-5-12(16)19/h2-7,14,17,20H,8-10H2,1H3. The highest BCUT2D eigenvalue weighted by Gasteiger charge is 2.30. The molecular formula is C17H18BrFN2O3. The van der Waals surface area contributed by atoms with Gasteiger partial charge in [0.15, 0.2) is 17.7 Å². The summed E-state index contributed by atoms with van der Waals surface area (Å²) in [5, 5.41) is 3.26. The molecule has 128 valence electrons. The Bertz CT molecular complexity index is 675. The van der Waals surface area contributed by atoms with Gasteiger partial charge in [-0.15, -0.1) is 0 Å². The van der Waals surface area contributed by atoms with Crippen LogP contribution in [-0.4, -0.2) is 37.9 Å². The summed E-state index contributed by atoms with van der Waals surface area (Å²) >= 11 is 3.33. The molecule has 1 N–H and O–H groups in total. The van der Waals surface area contributed by atoms with E-state index in [9.17, 15) is 4.39 Å². The van der Waals surface area contributed by atoms with Crippen LogP contribution in [0.15, 0.2) is 40.9 Å². The quantitative estimate of drug-likeness (QED) is 0.841. The topological polar surface area (TPSA) is 52.6 Å². The SMILES string of the molecule is COc1cccc(C(Oc2c(F)cccc2Br)C2CNCCO2)n1. The van der Waals surface area contributed by atoms with E-state index in [1.54, 1.807) is 25.3 Å². The van der Waals surface area contributed by atoms with Gasteiger partial charge in [-0.1, -0.05) is 12.1 Å². The molecule has 2 atom stereocenters. The van der Waals surface area contributed by atoms with E-state index in [0.29, 0.717) is 29.2 Å². The average Bonchev–Trinajstić information content (AvgIpc) is 2.62. The number of nitrogens with zero attached hydrogens (tertiary/aromatic N) is 1. The van der Waals surface area contributed by atoms with E-state index in [1.165, 1.54) is 6.07 Å². The smallest absolute Gasteiger partial charge is 0.213 e. The van der Waals surface area contributed by atoms with Crippen LogP contribution >= 0.6 is 15.9 Å². The molecule has 0 radical (unpaired) electrons. The number of hydrogen-bond donors (Lipinski definition) is 1. The van der Waals surface area contributed by atoms with Crippen molar-refractivity contribution in [2.24, 2.45) is 0 Å². The monoisotopic (exact) mass is 396 g/mol. The minimum absolute atomic E-state index is 0.140. The Kier molecular flexibility index (Phi) is 5.65. The molecule has 2 unspecified atom stereocenters. The molecule has 1 fully saturated rings. The van der Waals surface area contributed by atoms with Gasteiger partial charge in [-0.2, -0.15) is 0 Å². The molecule has 1 aliphatic heterocycles. The second-order valence-corrected chi connectivity index (χ2v) is 6.16. The van der Waals surface area contributed by atoms with Gasteiger partial charge < -0.3 is 19.5 Å². The van der Waals surface area contributed by atoms with Crippen molar-refractivity contribution in [1.29, 1.82) is 0 Å². The fourth-order valence-corrected chi connectivity index (χ4v) is 2.97. The fourth-order valence-electron chi connectivity index (χ4n) is 2.53. The van der Waals surface area contributed by atoms with Crippen molar-refractivity contribution >= 4 is 15.9 Å². The lowest BCUT2D eigenvalue weighted by Gasteiger charge is -2.31. The highest BCUT2D eigenvalue weighted by Crippen LogP contribution is 2.34. The molecule has 3 rings (SSSR count). The number of benzene rings is 1. The summed E-state index contributed by atoms with van der Waals surface area (Å²) in [5.41, 5.74) is 0.623. The average molecular weight is 397 g/mol. The number of halogens is 2. The largest absolute Gasteiger partial charge is 0.481 e. The third-order valence-corrected chi connectivity index (χ3v) is 4.33. The number of methoxy groups -OCH3 is 1. The van der Waals surface area contributed by atoms with Crippen LogP contribution in [0.1, 0.15) is 11.8 Å². The third kappa shape index (κ3) is 3.85. The highest BCUT2D eigenvalue weighted by atomic mass is 79.9. The molecule has 1 saturated heterocycles. The summed E-state index contributed by atoms with van der Waals surface area (Å²) in [7, 11) is 1.55. The predicted octanol–water partition coefficient (Wildman–Crippen LogP) is 3.10. The Labute approximate surface area is 148 Å². The van der Waals surface area contributed by atoms with Crippen LogP contribution in [0, 0.1) is 5.82 Å². The van der Waals surface area contributed by atoms with Gasteiger partial charge in [0.1, 0.15) is 6.10 Å². The molecule has 0 saturated carbocycles. The van der Waals surface area contributed by atoms with Crippen molar-refractivity contribution in [2.45, 2.75) is 12.2 Å². The number of ether oxygens (including phenoxy) is 3. The van der Waals surface area contributed by atoms with Gasteiger partial charge in [0.05, 0.1) is 23.9 Å². The van der Waals surface area contributed by atoms with Gasteiger partial charge in [0.25, 0.3) is 0 Å². The number of para-hydroxylation sites is 1. The van der Waals surface area contributed by atoms with Gasteiger partial charge >= 0.3 is 0 Å². The molecule has 2 aromatic rings. The van der Waals surface area contributed by atoms with Gasteiger partial charge in [-0.3, -0.25) is 0 Å². The molecule has 0 amide bonds. The van der Waals surface area contributed by atoms with Crippen LogP contribution in [0.5, 0.6) is 11.6 Å². The molecule has 2 heterocycles. The van der Waals surface area contributed by atoms with E-state index in [0.717, 1.165) is 6.54 Å². The lowest BCUT2D eigenvalue weighted by molar-refractivity contribution is -0.0460. The van der Waals surface area contributed by atoms with Gasteiger partial charge in [0, 0.05) is 19.2 Å². The predicted molar refractivity (Wildman–Crippen MR) is 90.9 cm³/mol. The van der Waals surface area contributed by atoms with E-state index in [4.69, 9.17) is 14.2 Å².